The molecule has 0 atom stereocenters. The fourth-order valence-electron chi connectivity index (χ4n) is 2.63. The van der Waals surface area contributed by atoms with E-state index in [0.717, 1.165) is 23.9 Å². The Morgan fingerprint density at radius 2 is 2.04 bits per heavy atom. The first-order valence-electron chi connectivity index (χ1n) is 7.70. The molecule has 0 spiro atoms. The first kappa shape index (κ1) is 15.5. The molecule has 0 bridgehead atoms. The van der Waals surface area contributed by atoms with E-state index in [-0.39, 0.29) is 5.82 Å². The van der Waals surface area contributed by atoms with Gasteiger partial charge < -0.3 is 10.1 Å². The summed E-state index contributed by atoms with van der Waals surface area (Å²) in [5, 5.41) is 8.46. The minimum absolute atomic E-state index is 0.319. The molecule has 0 radical (unpaired) electrons. The Morgan fingerprint density at radius 3 is 2.83 bits per heavy atom. The highest BCUT2D eigenvalue weighted by Gasteiger charge is 2.14. The Hall–Kier alpha value is -2.40. The predicted octanol–water partition coefficient (Wildman–Crippen LogP) is 3.37. The molecule has 1 N–H and O–H groups in total. The third kappa shape index (κ3) is 3.19. The van der Waals surface area contributed by atoms with Gasteiger partial charge in [0.15, 0.2) is 0 Å². The standard InChI is InChI=1S/C18H20FN3O/c1-20-10-5-11-23-13-8-9-14(16(19)12-13)18-15-6-3-4-7-17(15)22(2)21-18/h3-4,6-9,12,20H,5,10-11H2,1-2H3. The minimum Gasteiger partial charge on any atom is -0.493 e. The van der Waals surface area contributed by atoms with Crippen LogP contribution in [0.1, 0.15) is 6.42 Å². The topological polar surface area (TPSA) is 39.1 Å². The summed E-state index contributed by atoms with van der Waals surface area (Å²) in [5.41, 5.74) is 2.13. The highest BCUT2D eigenvalue weighted by Crippen LogP contribution is 2.31. The highest BCUT2D eigenvalue weighted by molar-refractivity contribution is 5.93. The average molecular weight is 313 g/mol. The lowest BCUT2D eigenvalue weighted by Gasteiger charge is -2.08. The number of nitrogens with zero attached hydrogens (tertiary/aromatic N) is 2. The van der Waals surface area contributed by atoms with Crippen molar-refractivity contribution in [1.82, 2.24) is 15.1 Å². The fraction of sp³-hybridized carbons (Fsp3) is 0.278. The van der Waals surface area contributed by atoms with Crippen molar-refractivity contribution in [2.45, 2.75) is 6.42 Å². The Balaban J connectivity index is 1.88. The molecule has 0 aliphatic rings. The molecule has 0 saturated carbocycles. The van der Waals surface area contributed by atoms with Crippen LogP contribution in [0.3, 0.4) is 0 Å². The molecule has 3 aromatic rings. The van der Waals surface area contributed by atoms with Gasteiger partial charge >= 0.3 is 0 Å². The molecule has 0 fully saturated rings. The summed E-state index contributed by atoms with van der Waals surface area (Å²) in [5.74, 6) is 0.225. The van der Waals surface area contributed by atoms with Crippen LogP contribution in [0, 0.1) is 5.82 Å². The van der Waals surface area contributed by atoms with E-state index in [1.807, 2.05) is 38.4 Å². The number of aryl methyl sites for hydroxylation is 1. The first-order chi connectivity index (χ1) is 11.2. The highest BCUT2D eigenvalue weighted by atomic mass is 19.1. The zero-order valence-electron chi connectivity index (χ0n) is 13.3. The zero-order valence-corrected chi connectivity index (χ0v) is 13.3. The molecule has 1 aromatic heterocycles. The summed E-state index contributed by atoms with van der Waals surface area (Å²) >= 11 is 0. The van der Waals surface area contributed by atoms with Gasteiger partial charge in [-0.15, -0.1) is 0 Å². The number of halogens is 1. The predicted molar refractivity (Wildman–Crippen MR) is 90.1 cm³/mol. The van der Waals surface area contributed by atoms with E-state index in [4.69, 9.17) is 4.74 Å². The van der Waals surface area contributed by atoms with Gasteiger partial charge in [-0.3, -0.25) is 4.68 Å². The van der Waals surface area contributed by atoms with Gasteiger partial charge in [-0.05, 0) is 38.2 Å². The molecule has 2 aromatic carbocycles. The molecule has 3 rings (SSSR count). The molecule has 0 saturated heterocycles. The van der Waals surface area contributed by atoms with E-state index >= 15 is 0 Å². The maximum Gasteiger partial charge on any atom is 0.136 e. The van der Waals surface area contributed by atoms with Crippen LogP contribution in [-0.4, -0.2) is 30.0 Å². The number of nitrogens with one attached hydrogen (secondary N) is 1. The molecular weight excluding hydrogens is 293 g/mol. The minimum atomic E-state index is -0.319. The van der Waals surface area contributed by atoms with E-state index in [0.29, 0.717) is 23.6 Å². The molecule has 0 aliphatic carbocycles. The van der Waals surface area contributed by atoms with Crippen molar-refractivity contribution in [3.63, 3.8) is 0 Å². The average Bonchev–Trinajstić information content (AvgIpc) is 2.89. The second-order valence-corrected chi connectivity index (χ2v) is 5.44. The van der Waals surface area contributed by atoms with Crippen molar-refractivity contribution in [2.24, 2.45) is 7.05 Å². The van der Waals surface area contributed by atoms with E-state index in [1.54, 1.807) is 16.8 Å². The van der Waals surface area contributed by atoms with Crippen LogP contribution >= 0.6 is 0 Å². The van der Waals surface area contributed by atoms with Crippen LogP contribution in [0.5, 0.6) is 5.75 Å². The van der Waals surface area contributed by atoms with Gasteiger partial charge in [0.2, 0.25) is 0 Å². The van der Waals surface area contributed by atoms with Crippen molar-refractivity contribution in [3.8, 4) is 17.0 Å². The molecule has 0 amide bonds. The SMILES string of the molecule is CNCCCOc1ccc(-c2nn(C)c3ccccc23)c(F)c1. The number of hydrogen-bond acceptors (Lipinski definition) is 3. The molecule has 0 aliphatic heterocycles. The number of hydrogen-bond donors (Lipinski definition) is 1. The molecule has 23 heavy (non-hydrogen) atoms. The molecule has 1 heterocycles. The van der Waals surface area contributed by atoms with Gasteiger partial charge in [0, 0.05) is 24.1 Å². The van der Waals surface area contributed by atoms with Crippen LogP contribution in [-0.2, 0) is 7.05 Å². The second kappa shape index (κ2) is 6.79. The molecule has 120 valence electrons. The van der Waals surface area contributed by atoms with E-state index in [2.05, 4.69) is 10.4 Å². The summed E-state index contributed by atoms with van der Waals surface area (Å²) in [6.07, 6.45) is 0.880. The summed E-state index contributed by atoms with van der Waals surface area (Å²) in [6.45, 7) is 1.44. The van der Waals surface area contributed by atoms with Crippen molar-refractivity contribution in [1.29, 1.82) is 0 Å². The van der Waals surface area contributed by atoms with Gasteiger partial charge in [0.1, 0.15) is 17.3 Å². The van der Waals surface area contributed by atoms with Crippen LogP contribution in [0.15, 0.2) is 42.5 Å². The maximum absolute atomic E-state index is 14.5. The normalized spacial score (nSPS) is 11.1. The molecule has 4 nitrogen and oxygen atoms in total. The largest absolute Gasteiger partial charge is 0.493 e. The molecular formula is C18H20FN3O. The third-order valence-corrected chi connectivity index (χ3v) is 3.79. The van der Waals surface area contributed by atoms with Gasteiger partial charge in [-0.25, -0.2) is 4.39 Å². The number of fused-ring (bicyclic) bond motifs is 1. The fourth-order valence-corrected chi connectivity index (χ4v) is 2.63. The number of aromatic nitrogens is 2. The Kier molecular flexibility index (Phi) is 4.57. The number of ether oxygens (including phenoxy) is 1. The van der Waals surface area contributed by atoms with Crippen LogP contribution in [0.2, 0.25) is 0 Å². The van der Waals surface area contributed by atoms with E-state index in [9.17, 15) is 4.39 Å². The summed E-state index contributed by atoms with van der Waals surface area (Å²) < 4.78 is 21.8. The van der Waals surface area contributed by atoms with Crippen LogP contribution in [0.4, 0.5) is 4.39 Å². The number of para-hydroxylation sites is 1. The smallest absolute Gasteiger partial charge is 0.136 e. The lowest BCUT2D eigenvalue weighted by molar-refractivity contribution is 0.308. The van der Waals surface area contributed by atoms with Crippen LogP contribution < -0.4 is 10.1 Å². The van der Waals surface area contributed by atoms with Gasteiger partial charge in [0.25, 0.3) is 0 Å². The maximum atomic E-state index is 14.5. The van der Waals surface area contributed by atoms with E-state index in [1.165, 1.54) is 6.07 Å². The van der Waals surface area contributed by atoms with E-state index < -0.39 is 0 Å². The second-order valence-electron chi connectivity index (χ2n) is 5.44. The monoisotopic (exact) mass is 313 g/mol. The van der Waals surface area contributed by atoms with Crippen molar-refractivity contribution in [2.75, 3.05) is 20.2 Å². The zero-order chi connectivity index (χ0) is 16.2. The Bertz CT molecular complexity index is 813. The van der Waals surface area contributed by atoms with Crippen molar-refractivity contribution < 1.29 is 9.13 Å². The Morgan fingerprint density at radius 1 is 1.22 bits per heavy atom. The van der Waals surface area contributed by atoms with Gasteiger partial charge in [-0.1, -0.05) is 18.2 Å². The lowest BCUT2D eigenvalue weighted by Crippen LogP contribution is -2.11. The summed E-state index contributed by atoms with van der Waals surface area (Å²) in [7, 11) is 3.76. The van der Waals surface area contributed by atoms with Gasteiger partial charge in [-0.2, -0.15) is 5.10 Å². The number of benzene rings is 2. The van der Waals surface area contributed by atoms with Crippen molar-refractivity contribution in [3.05, 3.63) is 48.3 Å². The molecule has 5 heteroatoms. The Labute approximate surface area is 134 Å². The molecule has 0 unspecified atom stereocenters. The van der Waals surface area contributed by atoms with Crippen molar-refractivity contribution >= 4 is 10.9 Å². The van der Waals surface area contributed by atoms with Gasteiger partial charge in [0.05, 0.1) is 12.1 Å². The first-order valence-corrected chi connectivity index (χ1v) is 7.70. The third-order valence-electron chi connectivity index (χ3n) is 3.79. The van der Waals surface area contributed by atoms with Crippen LogP contribution in [0.25, 0.3) is 22.2 Å². The summed E-state index contributed by atoms with van der Waals surface area (Å²) in [4.78, 5) is 0. The lowest BCUT2D eigenvalue weighted by atomic mass is 10.1. The quantitative estimate of drug-likeness (QED) is 0.709. The summed E-state index contributed by atoms with van der Waals surface area (Å²) in [6, 6.07) is 12.8. The number of rotatable bonds is 6.